The van der Waals surface area contributed by atoms with Crippen molar-refractivity contribution in [3.63, 3.8) is 0 Å². The topological polar surface area (TPSA) is 107 Å². The van der Waals surface area contributed by atoms with E-state index in [1.165, 1.54) is 37.6 Å². The number of nitrogens with zero attached hydrogens (tertiary/aromatic N) is 2. The van der Waals surface area contributed by atoms with E-state index >= 15 is 0 Å². The van der Waals surface area contributed by atoms with Crippen LogP contribution >= 0.6 is 0 Å². The minimum Gasteiger partial charge on any atom is -0.448 e. The summed E-state index contributed by atoms with van der Waals surface area (Å²) in [6.45, 7) is 2.51. The molecule has 0 aromatic carbocycles. The molecule has 8 nitrogen and oxygen atoms in total. The number of unbranched alkanes of at least 4 members (excludes halogenated alkanes) is 5. The third-order valence-electron chi connectivity index (χ3n) is 2.87. The predicted octanol–water partition coefficient (Wildman–Crippen LogP) is 3.61. The normalized spacial score (nSPS) is 10.8. The highest BCUT2D eigenvalue weighted by Gasteiger charge is 2.10. The molecule has 122 valence electrons. The lowest BCUT2D eigenvalue weighted by atomic mass is 10.1. The zero-order chi connectivity index (χ0) is 16.2. The molecule has 1 N–H and O–H groups in total. The molecular weight excluding hydrogens is 290 g/mol. The third kappa shape index (κ3) is 7.41. The number of hydrazone groups is 1. The second kappa shape index (κ2) is 10.4. The first kappa shape index (κ1) is 17.7. The fourth-order valence-corrected chi connectivity index (χ4v) is 1.74. The van der Waals surface area contributed by atoms with Gasteiger partial charge in [0, 0.05) is 0 Å². The van der Waals surface area contributed by atoms with E-state index in [4.69, 9.17) is 9.15 Å². The maximum atomic E-state index is 11.3. The minimum absolute atomic E-state index is 0.169. The monoisotopic (exact) mass is 311 g/mol. The molecule has 22 heavy (non-hydrogen) atoms. The Hall–Kier alpha value is -2.38. The van der Waals surface area contributed by atoms with Crippen molar-refractivity contribution in [2.45, 2.75) is 45.4 Å². The third-order valence-corrected chi connectivity index (χ3v) is 2.87. The van der Waals surface area contributed by atoms with Gasteiger partial charge in [0.1, 0.15) is 4.92 Å². The molecule has 0 radical (unpaired) electrons. The standard InChI is InChI=1S/C14H21N3O5/c1-2-3-4-5-6-7-10-21-14(18)16-15-11-12-8-9-13(22-12)17(19)20/h8-9,11H,2-7,10H2,1H3,(H,16,18)/b15-11+. The Morgan fingerprint density at radius 2 is 2.09 bits per heavy atom. The van der Waals surface area contributed by atoms with Crippen LogP contribution in [0, 0.1) is 10.1 Å². The quantitative estimate of drug-likeness (QED) is 0.307. The van der Waals surface area contributed by atoms with E-state index < -0.39 is 11.0 Å². The molecule has 0 aliphatic heterocycles. The van der Waals surface area contributed by atoms with Gasteiger partial charge in [0.15, 0.2) is 5.76 Å². The summed E-state index contributed by atoms with van der Waals surface area (Å²) >= 11 is 0. The van der Waals surface area contributed by atoms with E-state index in [1.54, 1.807) is 0 Å². The summed E-state index contributed by atoms with van der Waals surface area (Å²) in [5.74, 6) is -0.213. The summed E-state index contributed by atoms with van der Waals surface area (Å²) < 4.78 is 9.76. The van der Waals surface area contributed by atoms with Crippen LogP contribution in [0.15, 0.2) is 21.7 Å². The van der Waals surface area contributed by atoms with Gasteiger partial charge in [-0.3, -0.25) is 10.1 Å². The van der Waals surface area contributed by atoms with Crippen molar-refractivity contribution in [3.05, 3.63) is 28.0 Å². The Bertz CT molecular complexity index is 498. The van der Waals surface area contributed by atoms with Crippen molar-refractivity contribution >= 4 is 18.2 Å². The lowest BCUT2D eigenvalue weighted by Gasteiger charge is -2.03. The number of furan rings is 1. The van der Waals surface area contributed by atoms with Crippen LogP contribution in [0.5, 0.6) is 0 Å². The molecule has 0 aliphatic carbocycles. The molecule has 0 spiro atoms. The Morgan fingerprint density at radius 1 is 1.36 bits per heavy atom. The Labute approximate surface area is 128 Å². The van der Waals surface area contributed by atoms with Gasteiger partial charge in [-0.2, -0.15) is 5.10 Å². The maximum Gasteiger partial charge on any atom is 0.433 e. The SMILES string of the molecule is CCCCCCCCOC(=O)N/N=C/c1ccc([N+](=O)[O-])o1. The molecule has 1 rings (SSSR count). The first-order valence-corrected chi connectivity index (χ1v) is 7.33. The van der Waals surface area contributed by atoms with Gasteiger partial charge in [0.25, 0.3) is 0 Å². The zero-order valence-electron chi connectivity index (χ0n) is 12.6. The van der Waals surface area contributed by atoms with Crippen molar-refractivity contribution < 1.29 is 18.9 Å². The number of nitrogens with one attached hydrogen (secondary N) is 1. The predicted molar refractivity (Wildman–Crippen MR) is 80.8 cm³/mol. The van der Waals surface area contributed by atoms with Crippen LogP contribution in [0.3, 0.4) is 0 Å². The van der Waals surface area contributed by atoms with Crippen molar-refractivity contribution in [1.82, 2.24) is 5.43 Å². The number of amides is 1. The second-order valence-electron chi connectivity index (χ2n) is 4.71. The summed E-state index contributed by atoms with van der Waals surface area (Å²) in [7, 11) is 0. The summed E-state index contributed by atoms with van der Waals surface area (Å²) in [4.78, 5) is 21.0. The number of hydrogen-bond donors (Lipinski definition) is 1. The summed E-state index contributed by atoms with van der Waals surface area (Å²) in [6.07, 6.45) is 7.16. The van der Waals surface area contributed by atoms with Crippen molar-refractivity contribution in [3.8, 4) is 0 Å². The van der Waals surface area contributed by atoms with Gasteiger partial charge < -0.3 is 9.15 Å². The van der Waals surface area contributed by atoms with E-state index in [9.17, 15) is 14.9 Å². The van der Waals surface area contributed by atoms with E-state index in [2.05, 4.69) is 17.5 Å². The van der Waals surface area contributed by atoms with Crippen LogP contribution in [0.1, 0.15) is 51.2 Å². The lowest BCUT2D eigenvalue weighted by molar-refractivity contribution is -0.402. The smallest absolute Gasteiger partial charge is 0.433 e. The number of nitro groups is 1. The molecular formula is C14H21N3O5. The van der Waals surface area contributed by atoms with Crippen LogP contribution < -0.4 is 5.43 Å². The first-order valence-electron chi connectivity index (χ1n) is 7.33. The van der Waals surface area contributed by atoms with Crippen molar-refractivity contribution in [2.24, 2.45) is 5.10 Å². The Balaban J connectivity index is 2.12. The molecule has 0 aliphatic rings. The zero-order valence-corrected chi connectivity index (χ0v) is 12.6. The van der Waals surface area contributed by atoms with E-state index in [0.29, 0.717) is 6.61 Å². The van der Waals surface area contributed by atoms with Gasteiger partial charge in [-0.1, -0.05) is 39.0 Å². The van der Waals surface area contributed by atoms with Crippen LogP contribution in [-0.4, -0.2) is 23.8 Å². The van der Waals surface area contributed by atoms with Crippen LogP contribution in [0.4, 0.5) is 10.7 Å². The molecule has 1 aromatic heterocycles. The Kier molecular flexibility index (Phi) is 8.32. The molecule has 0 saturated carbocycles. The molecule has 0 bridgehead atoms. The molecule has 0 atom stereocenters. The summed E-state index contributed by atoms with van der Waals surface area (Å²) in [5.41, 5.74) is 2.16. The summed E-state index contributed by atoms with van der Waals surface area (Å²) in [5, 5.41) is 14.0. The number of carbonyl (C=O) groups excluding carboxylic acids is 1. The average molecular weight is 311 g/mol. The van der Waals surface area contributed by atoms with Crippen molar-refractivity contribution in [2.75, 3.05) is 6.61 Å². The van der Waals surface area contributed by atoms with Crippen molar-refractivity contribution in [1.29, 1.82) is 0 Å². The number of rotatable bonds is 10. The van der Waals surface area contributed by atoms with Gasteiger partial charge in [-0.25, -0.2) is 10.2 Å². The number of carbonyl (C=O) groups is 1. The van der Waals surface area contributed by atoms with Gasteiger partial charge in [-0.05, 0) is 12.5 Å². The molecule has 0 fully saturated rings. The molecule has 0 saturated heterocycles. The first-order chi connectivity index (χ1) is 10.6. The fraction of sp³-hybridized carbons (Fsp3) is 0.571. The van der Waals surface area contributed by atoms with E-state index in [1.807, 2.05) is 0 Å². The molecule has 0 unspecified atom stereocenters. The average Bonchev–Trinajstić information content (AvgIpc) is 2.95. The molecule has 1 aromatic rings. The highest BCUT2D eigenvalue weighted by atomic mass is 16.6. The van der Waals surface area contributed by atoms with E-state index in [0.717, 1.165) is 19.3 Å². The molecule has 1 amide bonds. The lowest BCUT2D eigenvalue weighted by Crippen LogP contribution is -2.19. The van der Waals surface area contributed by atoms with Gasteiger partial charge in [0.2, 0.25) is 0 Å². The molecule has 1 heterocycles. The van der Waals surface area contributed by atoms with Crippen LogP contribution in [-0.2, 0) is 4.74 Å². The highest BCUT2D eigenvalue weighted by Crippen LogP contribution is 2.13. The number of ether oxygens (including phenoxy) is 1. The van der Waals surface area contributed by atoms with Crippen LogP contribution in [0.25, 0.3) is 0 Å². The molecule has 8 heteroatoms. The second-order valence-corrected chi connectivity index (χ2v) is 4.71. The largest absolute Gasteiger partial charge is 0.448 e. The van der Waals surface area contributed by atoms with E-state index in [-0.39, 0.29) is 11.6 Å². The van der Waals surface area contributed by atoms with Gasteiger partial charge in [0.05, 0.1) is 18.9 Å². The Morgan fingerprint density at radius 3 is 2.77 bits per heavy atom. The summed E-state index contributed by atoms with van der Waals surface area (Å²) in [6, 6.07) is 2.59. The van der Waals surface area contributed by atoms with Gasteiger partial charge >= 0.3 is 12.0 Å². The fourth-order valence-electron chi connectivity index (χ4n) is 1.74. The highest BCUT2D eigenvalue weighted by molar-refractivity contribution is 5.78. The maximum absolute atomic E-state index is 11.3. The number of hydrogen-bond acceptors (Lipinski definition) is 6. The van der Waals surface area contributed by atoms with Crippen LogP contribution in [0.2, 0.25) is 0 Å². The van der Waals surface area contributed by atoms with Gasteiger partial charge in [-0.15, -0.1) is 0 Å². The minimum atomic E-state index is -0.661.